The van der Waals surface area contributed by atoms with E-state index in [-0.39, 0.29) is 5.82 Å². The van der Waals surface area contributed by atoms with E-state index in [1.807, 2.05) is 6.07 Å². The van der Waals surface area contributed by atoms with E-state index in [0.29, 0.717) is 6.54 Å². The van der Waals surface area contributed by atoms with Crippen LogP contribution < -0.4 is 10.6 Å². The number of nitrogens with zero attached hydrogens (tertiary/aromatic N) is 1. The van der Waals surface area contributed by atoms with Crippen molar-refractivity contribution in [2.24, 2.45) is 4.99 Å². The smallest absolute Gasteiger partial charge is 0.190 e. The van der Waals surface area contributed by atoms with Crippen molar-refractivity contribution in [2.75, 3.05) is 33.9 Å². The second-order valence-corrected chi connectivity index (χ2v) is 4.15. The van der Waals surface area contributed by atoms with Gasteiger partial charge < -0.3 is 15.4 Å². The van der Waals surface area contributed by atoms with Crippen LogP contribution in [0.3, 0.4) is 0 Å². The molecule has 1 aromatic rings. The van der Waals surface area contributed by atoms with E-state index in [4.69, 9.17) is 4.74 Å². The summed E-state index contributed by atoms with van der Waals surface area (Å²) in [6.07, 6.45) is 1.69. The number of aliphatic imine (C=N–C) groups is 1. The van der Waals surface area contributed by atoms with E-state index in [1.165, 1.54) is 6.07 Å². The Labute approximate surface area is 114 Å². The van der Waals surface area contributed by atoms with Crippen molar-refractivity contribution in [3.63, 3.8) is 0 Å². The van der Waals surface area contributed by atoms with Gasteiger partial charge >= 0.3 is 0 Å². The lowest BCUT2D eigenvalue weighted by Gasteiger charge is -2.11. The average molecular weight is 267 g/mol. The van der Waals surface area contributed by atoms with Crippen LogP contribution in [0.4, 0.5) is 4.39 Å². The zero-order valence-electron chi connectivity index (χ0n) is 11.6. The number of nitrogens with one attached hydrogen (secondary N) is 2. The molecule has 0 aromatic heterocycles. The van der Waals surface area contributed by atoms with E-state index in [1.54, 1.807) is 26.3 Å². The third-order valence-corrected chi connectivity index (χ3v) is 2.64. The van der Waals surface area contributed by atoms with E-state index in [2.05, 4.69) is 15.6 Å². The molecule has 0 unspecified atom stereocenters. The molecule has 0 heterocycles. The number of hydrogen-bond acceptors (Lipinski definition) is 2. The van der Waals surface area contributed by atoms with Crippen LogP contribution in [0.1, 0.15) is 12.0 Å². The fourth-order valence-corrected chi connectivity index (χ4v) is 1.66. The molecule has 1 rings (SSSR count). The lowest BCUT2D eigenvalue weighted by atomic mass is 10.1. The van der Waals surface area contributed by atoms with Gasteiger partial charge in [0.05, 0.1) is 0 Å². The normalized spacial score (nSPS) is 11.4. The summed E-state index contributed by atoms with van der Waals surface area (Å²) in [4.78, 5) is 4.11. The fraction of sp³-hybridized carbons (Fsp3) is 0.500. The summed E-state index contributed by atoms with van der Waals surface area (Å²) in [7, 11) is 3.42. The number of rotatable bonds is 7. The number of benzene rings is 1. The van der Waals surface area contributed by atoms with Crippen molar-refractivity contribution in [2.45, 2.75) is 12.8 Å². The first kappa shape index (κ1) is 15.4. The van der Waals surface area contributed by atoms with Gasteiger partial charge in [0.15, 0.2) is 5.96 Å². The molecule has 0 saturated carbocycles. The first-order valence-electron chi connectivity index (χ1n) is 6.44. The zero-order valence-corrected chi connectivity index (χ0v) is 11.6. The standard InChI is InChI=1S/C14H22FN3O/c1-16-14(17-8-4-10-19-2)18-9-7-12-5-3-6-13(15)11-12/h3,5-6,11H,4,7-10H2,1-2H3,(H2,16,17,18). The molecule has 0 aliphatic heterocycles. The van der Waals surface area contributed by atoms with E-state index in [0.717, 1.165) is 37.5 Å². The monoisotopic (exact) mass is 267 g/mol. The third kappa shape index (κ3) is 6.76. The van der Waals surface area contributed by atoms with Gasteiger partial charge in [-0.3, -0.25) is 4.99 Å². The maximum atomic E-state index is 13.0. The van der Waals surface area contributed by atoms with Gasteiger partial charge in [0.1, 0.15) is 5.82 Å². The summed E-state index contributed by atoms with van der Waals surface area (Å²) >= 11 is 0. The summed E-state index contributed by atoms with van der Waals surface area (Å²) in [6.45, 7) is 2.26. The first-order chi connectivity index (χ1) is 9.26. The van der Waals surface area contributed by atoms with Crippen molar-refractivity contribution < 1.29 is 9.13 Å². The molecule has 5 heteroatoms. The molecule has 0 amide bonds. The Morgan fingerprint density at radius 2 is 2.11 bits per heavy atom. The Bertz CT molecular complexity index is 396. The summed E-state index contributed by atoms with van der Waals surface area (Å²) in [5.74, 6) is 0.562. The van der Waals surface area contributed by atoms with Crippen LogP contribution in [0.15, 0.2) is 29.3 Å². The molecule has 0 bridgehead atoms. The molecule has 19 heavy (non-hydrogen) atoms. The summed E-state index contributed by atoms with van der Waals surface area (Å²) in [5, 5.41) is 6.38. The van der Waals surface area contributed by atoms with Crippen molar-refractivity contribution in [3.05, 3.63) is 35.6 Å². The van der Waals surface area contributed by atoms with Crippen LogP contribution >= 0.6 is 0 Å². The highest BCUT2D eigenvalue weighted by Crippen LogP contribution is 2.03. The molecule has 106 valence electrons. The van der Waals surface area contributed by atoms with Gasteiger partial charge in [-0.15, -0.1) is 0 Å². The van der Waals surface area contributed by atoms with Crippen molar-refractivity contribution in [1.29, 1.82) is 0 Å². The average Bonchev–Trinajstić information content (AvgIpc) is 2.41. The number of methoxy groups -OCH3 is 1. The second-order valence-electron chi connectivity index (χ2n) is 4.15. The highest BCUT2D eigenvalue weighted by Gasteiger charge is 1.98. The zero-order chi connectivity index (χ0) is 13.9. The number of hydrogen-bond donors (Lipinski definition) is 2. The minimum Gasteiger partial charge on any atom is -0.385 e. The molecular weight excluding hydrogens is 245 g/mol. The van der Waals surface area contributed by atoms with Crippen LogP contribution in [-0.4, -0.2) is 39.8 Å². The molecule has 4 nitrogen and oxygen atoms in total. The maximum absolute atomic E-state index is 13.0. The predicted molar refractivity (Wildman–Crippen MR) is 76.0 cm³/mol. The van der Waals surface area contributed by atoms with E-state index < -0.39 is 0 Å². The first-order valence-corrected chi connectivity index (χ1v) is 6.44. The number of halogens is 1. The predicted octanol–water partition coefficient (Wildman–Crippen LogP) is 1.57. The molecule has 0 aliphatic rings. The van der Waals surface area contributed by atoms with Gasteiger partial charge in [0.25, 0.3) is 0 Å². The van der Waals surface area contributed by atoms with Crippen LogP contribution in [0.25, 0.3) is 0 Å². The molecule has 0 spiro atoms. The highest BCUT2D eigenvalue weighted by atomic mass is 19.1. The summed E-state index contributed by atoms with van der Waals surface area (Å²) in [5.41, 5.74) is 0.974. The minimum atomic E-state index is -0.195. The van der Waals surface area contributed by atoms with Gasteiger partial charge in [-0.1, -0.05) is 12.1 Å². The Balaban J connectivity index is 2.22. The molecule has 0 radical (unpaired) electrons. The molecule has 2 N–H and O–H groups in total. The van der Waals surface area contributed by atoms with Crippen LogP contribution in [-0.2, 0) is 11.2 Å². The lowest BCUT2D eigenvalue weighted by Crippen LogP contribution is -2.39. The Morgan fingerprint density at radius 1 is 1.32 bits per heavy atom. The van der Waals surface area contributed by atoms with Crippen molar-refractivity contribution in [1.82, 2.24) is 10.6 Å². The summed E-state index contributed by atoms with van der Waals surface area (Å²) in [6, 6.07) is 6.64. The number of guanidine groups is 1. The molecular formula is C14H22FN3O. The molecule has 0 aliphatic carbocycles. The molecule has 0 fully saturated rings. The Hall–Kier alpha value is -1.62. The minimum absolute atomic E-state index is 0.195. The number of ether oxygens (including phenoxy) is 1. The van der Waals surface area contributed by atoms with Gasteiger partial charge in [-0.2, -0.15) is 0 Å². The van der Waals surface area contributed by atoms with Gasteiger partial charge in [0, 0.05) is 33.9 Å². The molecule has 0 saturated heterocycles. The Morgan fingerprint density at radius 3 is 2.79 bits per heavy atom. The van der Waals surface area contributed by atoms with E-state index in [9.17, 15) is 4.39 Å². The third-order valence-electron chi connectivity index (χ3n) is 2.64. The summed E-state index contributed by atoms with van der Waals surface area (Å²) < 4.78 is 18.0. The molecule has 1 aromatic carbocycles. The Kier molecular flexibility index (Phi) is 7.58. The van der Waals surface area contributed by atoms with Gasteiger partial charge in [-0.05, 0) is 30.5 Å². The topological polar surface area (TPSA) is 45.7 Å². The van der Waals surface area contributed by atoms with Gasteiger partial charge in [-0.25, -0.2) is 4.39 Å². The largest absolute Gasteiger partial charge is 0.385 e. The maximum Gasteiger partial charge on any atom is 0.190 e. The lowest BCUT2D eigenvalue weighted by molar-refractivity contribution is 0.195. The SMILES string of the molecule is CN=C(NCCCOC)NCCc1cccc(F)c1. The quantitative estimate of drug-likeness (QED) is 0.448. The highest BCUT2D eigenvalue weighted by molar-refractivity contribution is 5.79. The van der Waals surface area contributed by atoms with Crippen LogP contribution in [0.5, 0.6) is 0 Å². The van der Waals surface area contributed by atoms with Gasteiger partial charge in [0.2, 0.25) is 0 Å². The fourth-order valence-electron chi connectivity index (χ4n) is 1.66. The van der Waals surface area contributed by atoms with Crippen molar-refractivity contribution in [3.8, 4) is 0 Å². The van der Waals surface area contributed by atoms with Crippen molar-refractivity contribution >= 4 is 5.96 Å². The van der Waals surface area contributed by atoms with Crippen LogP contribution in [0, 0.1) is 5.82 Å². The molecule has 0 atom stereocenters. The second kappa shape index (κ2) is 9.33. The van der Waals surface area contributed by atoms with E-state index >= 15 is 0 Å². The van der Waals surface area contributed by atoms with Crippen LogP contribution in [0.2, 0.25) is 0 Å².